The van der Waals surface area contributed by atoms with Gasteiger partial charge in [0.1, 0.15) is 17.2 Å². The number of para-hydroxylation sites is 1. The van der Waals surface area contributed by atoms with E-state index >= 15 is 0 Å². The second-order valence-electron chi connectivity index (χ2n) is 10.4. The Hall–Kier alpha value is -3.33. The van der Waals surface area contributed by atoms with Crippen LogP contribution in [-0.2, 0) is 4.74 Å². The van der Waals surface area contributed by atoms with Crippen LogP contribution in [0.2, 0.25) is 0 Å². The third-order valence-electron chi connectivity index (χ3n) is 6.74. The summed E-state index contributed by atoms with van der Waals surface area (Å²) in [6, 6.07) is 16.8. The van der Waals surface area contributed by atoms with Gasteiger partial charge in [0.2, 0.25) is 0 Å². The number of nitrogens with zero attached hydrogens (tertiary/aromatic N) is 6. The Morgan fingerprint density at radius 2 is 1.89 bits per heavy atom. The van der Waals surface area contributed by atoms with Gasteiger partial charge in [0.25, 0.3) is 0 Å². The first-order valence-corrected chi connectivity index (χ1v) is 14.0. The highest BCUT2D eigenvalue weighted by molar-refractivity contribution is 7.98. The van der Waals surface area contributed by atoms with Crippen LogP contribution < -0.4 is 9.80 Å². The highest BCUT2D eigenvalue weighted by Crippen LogP contribution is 2.37. The van der Waals surface area contributed by atoms with Gasteiger partial charge in [0.15, 0.2) is 5.16 Å². The summed E-state index contributed by atoms with van der Waals surface area (Å²) >= 11 is 1.53. The average molecular weight is 519 g/mol. The van der Waals surface area contributed by atoms with Gasteiger partial charge in [0, 0.05) is 43.1 Å². The zero-order valence-electron chi connectivity index (χ0n) is 22.1. The van der Waals surface area contributed by atoms with E-state index < -0.39 is 5.60 Å². The number of rotatable bonds is 6. The minimum absolute atomic E-state index is 0.132. The SMILES string of the molecule is CCN(c1ccccc1)c1cc(-c2cc(N3CC4CC3CN4C(=O)OC(C)(C)C)nc(SC)n2)ccn1. The van der Waals surface area contributed by atoms with E-state index in [0.29, 0.717) is 6.54 Å². The number of amides is 1. The Kier molecular flexibility index (Phi) is 6.98. The molecule has 0 radical (unpaired) electrons. The number of ether oxygens (including phenoxy) is 1. The van der Waals surface area contributed by atoms with Gasteiger partial charge in [-0.15, -0.1) is 0 Å². The van der Waals surface area contributed by atoms with Crippen molar-refractivity contribution in [2.45, 2.75) is 57.0 Å². The van der Waals surface area contributed by atoms with Crippen LogP contribution in [0.25, 0.3) is 11.3 Å². The number of pyridine rings is 1. The zero-order chi connectivity index (χ0) is 26.2. The van der Waals surface area contributed by atoms with Crippen LogP contribution in [0, 0.1) is 0 Å². The van der Waals surface area contributed by atoms with Crippen molar-refractivity contribution in [3.63, 3.8) is 0 Å². The smallest absolute Gasteiger partial charge is 0.410 e. The molecule has 0 saturated carbocycles. The fourth-order valence-electron chi connectivity index (χ4n) is 5.10. The van der Waals surface area contributed by atoms with Crippen molar-refractivity contribution in [3.05, 3.63) is 54.7 Å². The van der Waals surface area contributed by atoms with E-state index in [9.17, 15) is 4.79 Å². The first-order chi connectivity index (χ1) is 17.8. The largest absolute Gasteiger partial charge is 0.444 e. The summed E-state index contributed by atoms with van der Waals surface area (Å²) in [5.74, 6) is 1.78. The summed E-state index contributed by atoms with van der Waals surface area (Å²) in [4.78, 5) is 33.4. The molecule has 0 aliphatic carbocycles. The lowest BCUT2D eigenvalue weighted by atomic mass is 10.1. The number of carbonyl (C=O) groups excluding carboxylic acids is 1. The van der Waals surface area contributed by atoms with E-state index in [-0.39, 0.29) is 18.2 Å². The molecule has 1 aromatic carbocycles. The van der Waals surface area contributed by atoms with E-state index in [4.69, 9.17) is 14.7 Å². The molecule has 2 aliphatic heterocycles. The number of thioether (sulfide) groups is 1. The molecular formula is C28H34N6O2S. The Morgan fingerprint density at radius 1 is 1.11 bits per heavy atom. The van der Waals surface area contributed by atoms with Crippen molar-refractivity contribution in [2.24, 2.45) is 0 Å². The van der Waals surface area contributed by atoms with Crippen LogP contribution in [0.1, 0.15) is 34.1 Å². The molecule has 0 N–H and O–H groups in total. The van der Waals surface area contributed by atoms with Crippen molar-refractivity contribution in [2.75, 3.05) is 35.7 Å². The highest BCUT2D eigenvalue weighted by Gasteiger charge is 2.47. The van der Waals surface area contributed by atoms with Gasteiger partial charge in [-0.25, -0.2) is 19.7 Å². The molecule has 2 aliphatic rings. The Morgan fingerprint density at radius 3 is 2.54 bits per heavy atom. The van der Waals surface area contributed by atoms with Crippen molar-refractivity contribution >= 4 is 35.2 Å². The number of hydrogen-bond donors (Lipinski definition) is 0. The molecule has 194 valence electrons. The molecule has 4 heterocycles. The Bertz CT molecular complexity index is 1270. The maximum absolute atomic E-state index is 12.7. The number of aromatic nitrogens is 3. The first kappa shape index (κ1) is 25.3. The van der Waals surface area contributed by atoms with Crippen molar-refractivity contribution < 1.29 is 9.53 Å². The molecule has 2 unspecified atom stereocenters. The number of carbonyl (C=O) groups is 1. The minimum atomic E-state index is -0.495. The van der Waals surface area contributed by atoms with E-state index in [1.165, 1.54) is 11.8 Å². The molecule has 0 spiro atoms. The van der Waals surface area contributed by atoms with Crippen molar-refractivity contribution in [1.82, 2.24) is 19.9 Å². The normalized spacial score (nSPS) is 18.8. The average Bonchev–Trinajstić information content (AvgIpc) is 3.50. The summed E-state index contributed by atoms with van der Waals surface area (Å²) in [6.45, 7) is 10.0. The highest BCUT2D eigenvalue weighted by atomic mass is 32.2. The number of hydrogen-bond acceptors (Lipinski definition) is 8. The minimum Gasteiger partial charge on any atom is -0.444 e. The van der Waals surface area contributed by atoms with E-state index in [2.05, 4.69) is 46.0 Å². The van der Waals surface area contributed by atoms with Gasteiger partial charge in [-0.3, -0.25) is 0 Å². The maximum atomic E-state index is 12.7. The fraction of sp³-hybridized carbons (Fsp3) is 0.429. The molecule has 3 aromatic rings. The molecule has 1 amide bonds. The van der Waals surface area contributed by atoms with Crippen LogP contribution in [0.15, 0.2) is 59.9 Å². The molecule has 2 bridgehead atoms. The number of anilines is 3. The summed E-state index contributed by atoms with van der Waals surface area (Å²) in [7, 11) is 0. The molecule has 5 rings (SSSR count). The summed E-state index contributed by atoms with van der Waals surface area (Å²) < 4.78 is 5.63. The molecule has 37 heavy (non-hydrogen) atoms. The van der Waals surface area contributed by atoms with Gasteiger partial charge in [0.05, 0.1) is 17.8 Å². The Labute approximate surface area is 223 Å². The number of benzene rings is 1. The third kappa shape index (κ3) is 5.37. The summed E-state index contributed by atoms with van der Waals surface area (Å²) in [6.07, 6.45) is 4.54. The van der Waals surface area contributed by atoms with Crippen molar-refractivity contribution in [1.29, 1.82) is 0 Å². The number of likely N-dealkylation sites (tertiary alicyclic amines) is 1. The second kappa shape index (κ2) is 10.2. The van der Waals surface area contributed by atoms with Gasteiger partial charge in [-0.05, 0) is 64.6 Å². The first-order valence-electron chi connectivity index (χ1n) is 12.7. The van der Waals surface area contributed by atoms with Gasteiger partial charge in [-0.1, -0.05) is 30.0 Å². The molecule has 9 heteroatoms. The third-order valence-corrected chi connectivity index (χ3v) is 7.29. The molecule has 2 atom stereocenters. The standard InChI is InChI=1S/C28H34N6O2S/c1-6-32(20-10-8-7-9-11-20)24-14-19(12-13-29-24)23-16-25(31-26(30-23)37-5)33-17-22-15-21(33)18-34(22)27(35)36-28(2,3)4/h7-14,16,21-22H,6,15,17-18H2,1-5H3. The van der Waals surface area contributed by atoms with E-state index in [1.807, 2.05) is 62.4 Å². The predicted octanol–water partition coefficient (Wildman–Crippen LogP) is 5.62. The van der Waals surface area contributed by atoms with Gasteiger partial charge >= 0.3 is 6.09 Å². The fourth-order valence-corrected chi connectivity index (χ4v) is 5.48. The molecule has 8 nitrogen and oxygen atoms in total. The van der Waals surface area contributed by atoms with Crippen LogP contribution in [-0.4, -0.2) is 69.5 Å². The van der Waals surface area contributed by atoms with Crippen LogP contribution in [0.5, 0.6) is 0 Å². The summed E-state index contributed by atoms with van der Waals surface area (Å²) in [5.41, 5.74) is 2.47. The lowest BCUT2D eigenvalue weighted by Crippen LogP contribution is -2.50. The lowest BCUT2D eigenvalue weighted by molar-refractivity contribution is 0.0214. The molecular weight excluding hydrogens is 484 g/mol. The number of piperazine rings is 1. The predicted molar refractivity (Wildman–Crippen MR) is 149 cm³/mol. The van der Waals surface area contributed by atoms with Gasteiger partial charge in [-0.2, -0.15) is 0 Å². The van der Waals surface area contributed by atoms with Gasteiger partial charge < -0.3 is 19.4 Å². The zero-order valence-corrected chi connectivity index (χ0v) is 22.9. The lowest BCUT2D eigenvalue weighted by Gasteiger charge is -2.35. The topological polar surface area (TPSA) is 74.7 Å². The van der Waals surface area contributed by atoms with Crippen molar-refractivity contribution in [3.8, 4) is 11.3 Å². The second-order valence-corrected chi connectivity index (χ2v) is 11.2. The van der Waals surface area contributed by atoms with Crippen LogP contribution in [0.3, 0.4) is 0 Å². The number of fused-ring (bicyclic) bond motifs is 2. The molecule has 2 fully saturated rings. The van der Waals surface area contributed by atoms with Crippen LogP contribution >= 0.6 is 11.8 Å². The monoisotopic (exact) mass is 518 g/mol. The van der Waals surface area contributed by atoms with E-state index in [0.717, 1.165) is 53.2 Å². The summed E-state index contributed by atoms with van der Waals surface area (Å²) in [5, 5.41) is 0.730. The van der Waals surface area contributed by atoms with Crippen LogP contribution in [0.4, 0.5) is 22.1 Å². The maximum Gasteiger partial charge on any atom is 0.410 e. The quantitative estimate of drug-likeness (QED) is 0.308. The Balaban J connectivity index is 1.40. The molecule has 2 aromatic heterocycles. The van der Waals surface area contributed by atoms with E-state index in [1.54, 1.807) is 0 Å². The molecule has 2 saturated heterocycles.